The van der Waals surface area contributed by atoms with Crippen LogP contribution >= 0.6 is 0 Å². The zero-order valence-corrected chi connectivity index (χ0v) is 17.6. The van der Waals surface area contributed by atoms with E-state index in [0.29, 0.717) is 25.2 Å². The van der Waals surface area contributed by atoms with Crippen molar-refractivity contribution in [1.29, 1.82) is 0 Å². The highest BCUT2D eigenvalue weighted by molar-refractivity contribution is 5.70. The molecule has 1 saturated carbocycles. The van der Waals surface area contributed by atoms with Crippen molar-refractivity contribution in [3.63, 3.8) is 0 Å². The molecule has 8 nitrogen and oxygen atoms in total. The predicted octanol–water partition coefficient (Wildman–Crippen LogP) is 2.70. The summed E-state index contributed by atoms with van der Waals surface area (Å²) >= 11 is 0. The third-order valence-corrected chi connectivity index (χ3v) is 5.40. The molecule has 162 valence electrons. The fraction of sp³-hybridized carbons (Fsp3) is 0.762. The number of carbonyl (C=O) groups excluding carboxylic acids is 3. The zero-order chi connectivity index (χ0) is 21.3. The number of rotatable bonds is 7. The molecule has 1 spiro atoms. The lowest BCUT2D eigenvalue weighted by Crippen LogP contribution is -2.45. The summed E-state index contributed by atoms with van der Waals surface area (Å²) in [6.45, 7) is 9.41. The fourth-order valence-corrected chi connectivity index (χ4v) is 4.18. The standard InChI is InChI=1S/C21H30O8/c1-11(2)6-17(23)28-16-8-14-15(27-13(5)22)9-25-20(19(14)21(16)10-26-21)29-18(24)7-12(3)4/h9,11-12,14,16,19-20H,6-8,10H2,1-5H3/t14-,16+,19-,20+,21-/m1/s1. The van der Waals surface area contributed by atoms with E-state index in [2.05, 4.69) is 0 Å². The molecule has 0 unspecified atom stereocenters. The minimum absolute atomic E-state index is 0.147. The maximum atomic E-state index is 12.3. The summed E-state index contributed by atoms with van der Waals surface area (Å²) in [5.74, 6) is -1.22. The molecule has 2 fully saturated rings. The monoisotopic (exact) mass is 410 g/mol. The van der Waals surface area contributed by atoms with E-state index in [9.17, 15) is 14.4 Å². The minimum Gasteiger partial charge on any atom is -0.459 e. The van der Waals surface area contributed by atoms with Gasteiger partial charge in [-0.05, 0) is 18.3 Å². The van der Waals surface area contributed by atoms with Crippen molar-refractivity contribution in [1.82, 2.24) is 0 Å². The van der Waals surface area contributed by atoms with E-state index in [1.54, 1.807) is 0 Å². The predicted molar refractivity (Wildman–Crippen MR) is 99.9 cm³/mol. The van der Waals surface area contributed by atoms with Gasteiger partial charge in [0.1, 0.15) is 23.7 Å². The van der Waals surface area contributed by atoms with E-state index in [4.69, 9.17) is 23.7 Å². The molecule has 1 saturated heterocycles. The first-order valence-corrected chi connectivity index (χ1v) is 10.2. The molecule has 1 aliphatic carbocycles. The first kappa shape index (κ1) is 21.6. The molecule has 8 heteroatoms. The molecular weight excluding hydrogens is 380 g/mol. The summed E-state index contributed by atoms with van der Waals surface area (Å²) < 4.78 is 28.1. The highest BCUT2D eigenvalue weighted by Gasteiger charge is 2.71. The maximum Gasteiger partial charge on any atom is 0.309 e. The Bertz CT molecular complexity index is 691. The number of allylic oxidation sites excluding steroid dienone is 1. The van der Waals surface area contributed by atoms with Gasteiger partial charge in [0.05, 0.1) is 12.5 Å². The second-order valence-electron chi connectivity index (χ2n) is 8.89. The van der Waals surface area contributed by atoms with Crippen molar-refractivity contribution < 1.29 is 38.1 Å². The van der Waals surface area contributed by atoms with Crippen LogP contribution in [0.25, 0.3) is 0 Å². The van der Waals surface area contributed by atoms with Gasteiger partial charge in [-0.25, -0.2) is 0 Å². The van der Waals surface area contributed by atoms with Gasteiger partial charge < -0.3 is 23.7 Å². The van der Waals surface area contributed by atoms with E-state index in [-0.39, 0.29) is 36.1 Å². The maximum absolute atomic E-state index is 12.3. The number of esters is 3. The van der Waals surface area contributed by atoms with Crippen molar-refractivity contribution in [2.75, 3.05) is 6.61 Å². The Hall–Kier alpha value is -2.09. The van der Waals surface area contributed by atoms with E-state index in [1.807, 2.05) is 27.7 Å². The first-order chi connectivity index (χ1) is 13.6. The molecule has 2 heterocycles. The number of hydrogen-bond donors (Lipinski definition) is 0. The van der Waals surface area contributed by atoms with Gasteiger partial charge in [-0.3, -0.25) is 14.4 Å². The van der Waals surface area contributed by atoms with Crippen molar-refractivity contribution in [2.45, 2.75) is 71.9 Å². The molecule has 29 heavy (non-hydrogen) atoms. The van der Waals surface area contributed by atoms with Gasteiger partial charge in [0.2, 0.25) is 6.29 Å². The SMILES string of the molecule is CC(=O)OC1=CO[C@@H](OC(=O)CC(C)C)[C@H]2[C@@H]1C[C@H](OC(=O)CC(C)C)[C@]21CO1. The molecule has 5 atom stereocenters. The van der Waals surface area contributed by atoms with Gasteiger partial charge in [-0.15, -0.1) is 0 Å². The summed E-state index contributed by atoms with van der Waals surface area (Å²) in [5, 5.41) is 0. The summed E-state index contributed by atoms with van der Waals surface area (Å²) in [7, 11) is 0. The average molecular weight is 410 g/mol. The molecule has 0 aromatic heterocycles. The van der Waals surface area contributed by atoms with Gasteiger partial charge in [0, 0.05) is 25.7 Å². The van der Waals surface area contributed by atoms with Crippen LogP contribution in [0.15, 0.2) is 12.0 Å². The van der Waals surface area contributed by atoms with Crippen LogP contribution in [0.4, 0.5) is 0 Å². The fourth-order valence-electron chi connectivity index (χ4n) is 4.18. The summed E-state index contributed by atoms with van der Waals surface area (Å²) in [5.41, 5.74) is -0.792. The van der Waals surface area contributed by atoms with Gasteiger partial charge in [0.25, 0.3) is 0 Å². The van der Waals surface area contributed by atoms with Crippen molar-refractivity contribution in [2.24, 2.45) is 23.7 Å². The molecule has 0 aromatic rings. The Balaban J connectivity index is 1.81. The van der Waals surface area contributed by atoms with E-state index in [1.165, 1.54) is 13.2 Å². The number of ether oxygens (including phenoxy) is 5. The second kappa shape index (κ2) is 8.34. The summed E-state index contributed by atoms with van der Waals surface area (Å²) in [6.07, 6.45) is 0.896. The molecule has 3 aliphatic rings. The Morgan fingerprint density at radius 1 is 1.10 bits per heavy atom. The van der Waals surface area contributed by atoms with Crippen LogP contribution in [0.5, 0.6) is 0 Å². The largest absolute Gasteiger partial charge is 0.459 e. The molecule has 2 aliphatic heterocycles. The lowest BCUT2D eigenvalue weighted by molar-refractivity contribution is -0.195. The number of epoxide rings is 1. The third kappa shape index (κ3) is 4.74. The smallest absolute Gasteiger partial charge is 0.309 e. The average Bonchev–Trinajstić information content (AvgIpc) is 3.29. The summed E-state index contributed by atoms with van der Waals surface area (Å²) in [6, 6.07) is 0. The van der Waals surface area contributed by atoms with Gasteiger partial charge in [0.15, 0.2) is 0 Å². The van der Waals surface area contributed by atoms with Crippen molar-refractivity contribution >= 4 is 17.9 Å². The molecule has 0 bridgehead atoms. The Kier molecular flexibility index (Phi) is 6.22. The third-order valence-electron chi connectivity index (χ3n) is 5.40. The molecule has 3 rings (SSSR count). The lowest BCUT2D eigenvalue weighted by atomic mass is 9.86. The number of carbonyl (C=O) groups is 3. The van der Waals surface area contributed by atoms with Crippen molar-refractivity contribution in [3.8, 4) is 0 Å². The van der Waals surface area contributed by atoms with Crippen LogP contribution in [0.3, 0.4) is 0 Å². The van der Waals surface area contributed by atoms with Crippen LogP contribution < -0.4 is 0 Å². The lowest BCUT2D eigenvalue weighted by Gasteiger charge is -2.34. The molecule has 0 N–H and O–H groups in total. The quantitative estimate of drug-likeness (QED) is 0.359. The van der Waals surface area contributed by atoms with Crippen LogP contribution in [-0.4, -0.2) is 42.5 Å². The Morgan fingerprint density at radius 3 is 2.21 bits per heavy atom. The van der Waals surface area contributed by atoms with Crippen LogP contribution in [-0.2, 0) is 38.1 Å². The minimum atomic E-state index is -0.887. The van der Waals surface area contributed by atoms with E-state index >= 15 is 0 Å². The summed E-state index contributed by atoms with van der Waals surface area (Å²) in [4.78, 5) is 36.0. The van der Waals surface area contributed by atoms with Gasteiger partial charge >= 0.3 is 17.9 Å². The van der Waals surface area contributed by atoms with Crippen LogP contribution in [0, 0.1) is 23.7 Å². The second-order valence-corrected chi connectivity index (χ2v) is 8.89. The van der Waals surface area contributed by atoms with Gasteiger partial charge in [-0.1, -0.05) is 27.7 Å². The molecular formula is C21H30O8. The topological polar surface area (TPSA) is 101 Å². The van der Waals surface area contributed by atoms with Crippen LogP contribution in [0.1, 0.15) is 53.9 Å². The normalized spacial score (nSPS) is 32.4. The number of fused-ring (bicyclic) bond motifs is 2. The molecule has 0 radical (unpaired) electrons. The zero-order valence-electron chi connectivity index (χ0n) is 17.6. The molecule has 0 amide bonds. The van der Waals surface area contributed by atoms with Crippen LogP contribution in [0.2, 0.25) is 0 Å². The van der Waals surface area contributed by atoms with Crippen molar-refractivity contribution in [3.05, 3.63) is 12.0 Å². The highest BCUT2D eigenvalue weighted by atomic mass is 16.7. The van der Waals surface area contributed by atoms with Gasteiger partial charge in [-0.2, -0.15) is 0 Å². The van der Waals surface area contributed by atoms with E-state index in [0.717, 1.165) is 0 Å². The van der Waals surface area contributed by atoms with E-state index < -0.39 is 29.9 Å². The highest BCUT2D eigenvalue weighted by Crippen LogP contribution is 2.58. The Labute approximate surface area is 170 Å². The number of hydrogen-bond acceptors (Lipinski definition) is 8. The molecule has 0 aromatic carbocycles. The first-order valence-electron chi connectivity index (χ1n) is 10.2. The Morgan fingerprint density at radius 2 is 1.69 bits per heavy atom.